The lowest BCUT2D eigenvalue weighted by Gasteiger charge is -2.16. The van der Waals surface area contributed by atoms with Gasteiger partial charge in [-0.05, 0) is 46.1 Å². The second kappa shape index (κ2) is 6.54. The molecule has 0 aromatic heterocycles. The van der Waals surface area contributed by atoms with E-state index in [1.807, 2.05) is 25.1 Å². The maximum Gasteiger partial charge on any atom is 0.253 e. The van der Waals surface area contributed by atoms with Crippen molar-refractivity contribution in [2.75, 3.05) is 0 Å². The average molecular weight is 347 g/mol. The largest absolute Gasteiger partial charge is 0.368 e. The molecule has 0 fully saturated rings. The minimum Gasteiger partial charge on any atom is -0.368 e. The van der Waals surface area contributed by atoms with Gasteiger partial charge in [0.2, 0.25) is 5.91 Å². The van der Waals surface area contributed by atoms with E-state index in [4.69, 9.17) is 5.73 Å². The first kappa shape index (κ1) is 15.3. The average Bonchev–Trinajstić information content (AvgIpc) is 2.45. The molecule has 0 aliphatic carbocycles. The van der Waals surface area contributed by atoms with Gasteiger partial charge in [0, 0.05) is 4.47 Å². The summed E-state index contributed by atoms with van der Waals surface area (Å²) >= 11 is 3.35. The Morgan fingerprint density at radius 3 is 2.38 bits per heavy atom. The number of hydrogen-bond acceptors (Lipinski definition) is 2. The molecule has 4 nitrogen and oxygen atoms in total. The first-order valence-corrected chi connectivity index (χ1v) is 7.19. The van der Waals surface area contributed by atoms with Crippen molar-refractivity contribution in [3.05, 3.63) is 69.7 Å². The van der Waals surface area contributed by atoms with Crippen LogP contribution in [0.5, 0.6) is 0 Å². The fraction of sp³-hybridized carbons (Fsp3) is 0.125. The lowest BCUT2D eigenvalue weighted by molar-refractivity contribution is -0.120. The number of carbonyl (C=O) groups is 2. The third kappa shape index (κ3) is 3.70. The van der Waals surface area contributed by atoms with Crippen LogP contribution in [0.1, 0.15) is 27.5 Å². The second-order valence-electron chi connectivity index (χ2n) is 4.70. The Morgan fingerprint density at radius 1 is 1.14 bits per heavy atom. The number of primary amides is 1. The molecule has 0 radical (unpaired) electrons. The Kier molecular flexibility index (Phi) is 4.75. The first-order chi connectivity index (χ1) is 9.99. The summed E-state index contributed by atoms with van der Waals surface area (Å²) in [5.41, 5.74) is 7.54. The summed E-state index contributed by atoms with van der Waals surface area (Å²) in [7, 11) is 0. The highest BCUT2D eigenvalue weighted by Gasteiger charge is 2.21. The summed E-state index contributed by atoms with van der Waals surface area (Å²) < 4.78 is 0.677. The lowest BCUT2D eigenvalue weighted by atomic mass is 10.1. The molecular formula is C16H15BrN2O2. The molecular weight excluding hydrogens is 332 g/mol. The predicted molar refractivity (Wildman–Crippen MR) is 84.7 cm³/mol. The number of nitrogens with two attached hydrogens (primary N) is 1. The van der Waals surface area contributed by atoms with Crippen molar-refractivity contribution in [2.24, 2.45) is 5.73 Å². The van der Waals surface area contributed by atoms with E-state index in [1.54, 1.807) is 30.3 Å². The van der Waals surface area contributed by atoms with E-state index in [-0.39, 0.29) is 5.91 Å². The van der Waals surface area contributed by atoms with E-state index in [0.29, 0.717) is 15.6 Å². The Bertz CT molecular complexity index is 671. The third-order valence-corrected chi connectivity index (χ3v) is 3.72. The number of halogens is 1. The Hall–Kier alpha value is -2.14. The highest BCUT2D eigenvalue weighted by atomic mass is 79.9. The molecule has 2 rings (SSSR count). The van der Waals surface area contributed by atoms with Crippen LogP contribution in [0, 0.1) is 6.92 Å². The van der Waals surface area contributed by atoms with Crippen LogP contribution in [-0.2, 0) is 4.79 Å². The molecule has 21 heavy (non-hydrogen) atoms. The molecule has 0 aliphatic heterocycles. The zero-order valence-electron chi connectivity index (χ0n) is 11.5. The molecule has 5 heteroatoms. The van der Waals surface area contributed by atoms with Crippen LogP contribution in [-0.4, -0.2) is 11.8 Å². The zero-order valence-corrected chi connectivity index (χ0v) is 13.1. The molecule has 0 bridgehead atoms. The van der Waals surface area contributed by atoms with Crippen LogP contribution in [0.15, 0.2) is 53.0 Å². The van der Waals surface area contributed by atoms with Gasteiger partial charge in [0.25, 0.3) is 5.91 Å². The van der Waals surface area contributed by atoms with Crippen LogP contribution in [0.4, 0.5) is 0 Å². The molecule has 2 aromatic rings. The number of aryl methyl sites for hydroxylation is 1. The molecule has 0 saturated carbocycles. The van der Waals surface area contributed by atoms with E-state index >= 15 is 0 Å². The van der Waals surface area contributed by atoms with E-state index in [2.05, 4.69) is 21.2 Å². The van der Waals surface area contributed by atoms with Gasteiger partial charge in [0.15, 0.2) is 0 Å². The summed E-state index contributed by atoms with van der Waals surface area (Å²) in [6, 6.07) is 13.4. The summed E-state index contributed by atoms with van der Waals surface area (Å²) in [5, 5.41) is 2.67. The molecule has 0 aliphatic rings. The van der Waals surface area contributed by atoms with Gasteiger partial charge in [-0.3, -0.25) is 9.59 Å². The topological polar surface area (TPSA) is 72.2 Å². The monoisotopic (exact) mass is 346 g/mol. The fourth-order valence-electron chi connectivity index (χ4n) is 1.98. The van der Waals surface area contributed by atoms with Crippen LogP contribution < -0.4 is 11.1 Å². The molecule has 2 aromatic carbocycles. The van der Waals surface area contributed by atoms with Crippen molar-refractivity contribution in [3.8, 4) is 0 Å². The molecule has 0 heterocycles. The van der Waals surface area contributed by atoms with Crippen LogP contribution in [0.25, 0.3) is 0 Å². The maximum absolute atomic E-state index is 12.3. The third-order valence-electron chi connectivity index (χ3n) is 3.06. The summed E-state index contributed by atoms with van der Waals surface area (Å²) in [5.74, 6) is -0.952. The number of rotatable bonds is 4. The van der Waals surface area contributed by atoms with Gasteiger partial charge in [-0.2, -0.15) is 0 Å². The van der Waals surface area contributed by atoms with Gasteiger partial charge in [0.05, 0.1) is 5.56 Å². The minimum atomic E-state index is -0.855. The van der Waals surface area contributed by atoms with Gasteiger partial charge in [-0.25, -0.2) is 0 Å². The standard InChI is InChI=1S/C16H15BrN2O2/c1-10-7-8-12(13(17)9-10)16(21)19-14(15(18)20)11-5-3-2-4-6-11/h2-9,14H,1H3,(H2,18,20)(H,19,21). The van der Waals surface area contributed by atoms with Crippen molar-refractivity contribution in [3.63, 3.8) is 0 Å². The summed E-state index contributed by atoms with van der Waals surface area (Å²) in [6.45, 7) is 1.93. The Morgan fingerprint density at radius 2 is 1.81 bits per heavy atom. The zero-order chi connectivity index (χ0) is 15.4. The number of carbonyl (C=O) groups excluding carboxylic acids is 2. The molecule has 3 N–H and O–H groups in total. The van der Waals surface area contributed by atoms with E-state index in [9.17, 15) is 9.59 Å². The normalized spacial score (nSPS) is 11.7. The van der Waals surface area contributed by atoms with Gasteiger partial charge < -0.3 is 11.1 Å². The van der Waals surface area contributed by atoms with Crippen LogP contribution in [0.3, 0.4) is 0 Å². The van der Waals surface area contributed by atoms with Crippen molar-refractivity contribution in [1.82, 2.24) is 5.32 Å². The van der Waals surface area contributed by atoms with Crippen molar-refractivity contribution in [1.29, 1.82) is 0 Å². The first-order valence-electron chi connectivity index (χ1n) is 6.40. The van der Waals surface area contributed by atoms with Gasteiger partial charge in [0.1, 0.15) is 6.04 Å². The van der Waals surface area contributed by atoms with E-state index in [1.165, 1.54) is 0 Å². The maximum atomic E-state index is 12.3. The Labute approximate surface area is 131 Å². The molecule has 2 amide bonds. The van der Waals surface area contributed by atoms with E-state index < -0.39 is 11.9 Å². The smallest absolute Gasteiger partial charge is 0.253 e. The summed E-state index contributed by atoms with van der Waals surface area (Å²) in [4.78, 5) is 23.9. The SMILES string of the molecule is Cc1ccc(C(=O)NC(C(N)=O)c2ccccc2)c(Br)c1. The van der Waals surface area contributed by atoms with Crippen molar-refractivity contribution >= 4 is 27.7 Å². The van der Waals surface area contributed by atoms with E-state index in [0.717, 1.165) is 5.56 Å². The molecule has 0 saturated heterocycles. The molecule has 108 valence electrons. The summed E-state index contributed by atoms with van der Waals surface area (Å²) in [6.07, 6.45) is 0. The molecule has 0 spiro atoms. The van der Waals surface area contributed by atoms with Crippen LogP contribution in [0.2, 0.25) is 0 Å². The fourth-order valence-corrected chi connectivity index (χ4v) is 2.65. The second-order valence-corrected chi connectivity index (χ2v) is 5.56. The van der Waals surface area contributed by atoms with Crippen molar-refractivity contribution in [2.45, 2.75) is 13.0 Å². The quantitative estimate of drug-likeness (QED) is 0.893. The van der Waals surface area contributed by atoms with Crippen LogP contribution >= 0.6 is 15.9 Å². The number of hydrogen-bond donors (Lipinski definition) is 2. The molecule has 1 unspecified atom stereocenters. The van der Waals surface area contributed by atoms with Gasteiger partial charge >= 0.3 is 0 Å². The highest BCUT2D eigenvalue weighted by molar-refractivity contribution is 9.10. The Balaban J connectivity index is 2.25. The van der Waals surface area contributed by atoms with Crippen molar-refractivity contribution < 1.29 is 9.59 Å². The van der Waals surface area contributed by atoms with Gasteiger partial charge in [-0.15, -0.1) is 0 Å². The minimum absolute atomic E-state index is 0.352. The number of amides is 2. The predicted octanol–water partition coefficient (Wildman–Crippen LogP) is 2.71. The van der Waals surface area contributed by atoms with Gasteiger partial charge in [-0.1, -0.05) is 36.4 Å². The lowest BCUT2D eigenvalue weighted by Crippen LogP contribution is -2.37. The highest BCUT2D eigenvalue weighted by Crippen LogP contribution is 2.20. The number of benzene rings is 2. The number of nitrogens with one attached hydrogen (secondary N) is 1. The molecule has 1 atom stereocenters.